The predicted molar refractivity (Wildman–Crippen MR) is 128 cm³/mol. The first-order valence-corrected chi connectivity index (χ1v) is 15.0. The van der Waals surface area contributed by atoms with Gasteiger partial charge in [-0.1, -0.05) is 18.9 Å². The first kappa shape index (κ1) is 26.9. The van der Waals surface area contributed by atoms with Gasteiger partial charge in [0.25, 0.3) is 0 Å². The van der Waals surface area contributed by atoms with E-state index < -0.39 is 52.1 Å². The van der Waals surface area contributed by atoms with Gasteiger partial charge in [-0.25, -0.2) is 4.98 Å². The van der Waals surface area contributed by atoms with Gasteiger partial charge >= 0.3 is 15.2 Å². The van der Waals surface area contributed by atoms with Crippen molar-refractivity contribution in [3.05, 3.63) is 29.0 Å². The lowest BCUT2D eigenvalue weighted by Crippen LogP contribution is -2.33. The molecular formula is C20H28ClN3O9P2. The second-order valence-corrected chi connectivity index (χ2v) is 13.3. The molecule has 1 aromatic carbocycles. The van der Waals surface area contributed by atoms with Crippen LogP contribution in [0.15, 0.2) is 18.2 Å². The molecule has 2 heterocycles. The number of anilines is 1. The Kier molecular flexibility index (Phi) is 7.91. The third-order valence-corrected chi connectivity index (χ3v) is 10.00. The fourth-order valence-corrected chi connectivity index (χ4v) is 7.38. The highest BCUT2D eigenvalue weighted by Gasteiger charge is 2.45. The molecule has 0 spiro atoms. The van der Waals surface area contributed by atoms with E-state index in [4.69, 9.17) is 30.6 Å². The Balaban J connectivity index is 1.54. The number of aliphatic hydroxyl groups excluding tert-OH is 2. The average molecular weight is 552 g/mol. The summed E-state index contributed by atoms with van der Waals surface area (Å²) in [4.78, 5) is 38.3. The Morgan fingerprint density at radius 1 is 1.14 bits per heavy atom. The van der Waals surface area contributed by atoms with Gasteiger partial charge in [0.05, 0.1) is 12.1 Å². The van der Waals surface area contributed by atoms with Crippen molar-refractivity contribution in [3.63, 3.8) is 0 Å². The van der Waals surface area contributed by atoms with Crippen molar-refractivity contribution in [3.8, 4) is 0 Å². The van der Waals surface area contributed by atoms with E-state index in [0.717, 1.165) is 31.1 Å². The smallest absolute Gasteiger partial charge is 0.340 e. The lowest BCUT2D eigenvalue weighted by Gasteiger charge is -2.26. The third kappa shape index (κ3) is 6.22. The molecule has 5 atom stereocenters. The molecule has 4 rings (SSSR count). The molecule has 1 aliphatic carbocycles. The van der Waals surface area contributed by atoms with Crippen molar-refractivity contribution in [2.75, 3.05) is 24.5 Å². The molecule has 12 nitrogen and oxygen atoms in total. The molecule has 1 aliphatic heterocycles. The summed E-state index contributed by atoms with van der Waals surface area (Å²) in [5, 5.41) is 21.8. The van der Waals surface area contributed by atoms with E-state index in [2.05, 4.69) is 14.9 Å². The van der Waals surface area contributed by atoms with Crippen molar-refractivity contribution in [1.82, 2.24) is 9.97 Å². The van der Waals surface area contributed by atoms with E-state index in [9.17, 15) is 24.2 Å². The molecule has 0 radical (unpaired) electrons. The molecule has 35 heavy (non-hydrogen) atoms. The Morgan fingerprint density at radius 2 is 1.83 bits per heavy atom. The van der Waals surface area contributed by atoms with Crippen LogP contribution in [0.3, 0.4) is 0 Å². The van der Waals surface area contributed by atoms with Crippen LogP contribution >= 0.6 is 26.8 Å². The summed E-state index contributed by atoms with van der Waals surface area (Å²) in [6.07, 6.45) is -0.626. The largest absolute Gasteiger partial charge is 0.387 e. The van der Waals surface area contributed by atoms with Gasteiger partial charge in [-0.2, -0.15) is 4.98 Å². The highest BCUT2D eigenvalue weighted by molar-refractivity contribution is 7.70. The van der Waals surface area contributed by atoms with E-state index in [1.165, 1.54) is 0 Å². The maximum atomic E-state index is 11.9. The molecule has 1 saturated carbocycles. The number of benzene rings is 1. The Bertz CT molecular complexity index is 1180. The second-order valence-electron chi connectivity index (χ2n) is 8.96. The number of halogens is 1. The lowest BCUT2D eigenvalue weighted by atomic mass is 10.00. The van der Waals surface area contributed by atoms with Crippen LogP contribution in [0.25, 0.3) is 10.9 Å². The first-order valence-electron chi connectivity index (χ1n) is 11.1. The molecule has 0 bridgehead atoms. The van der Waals surface area contributed by atoms with Crippen LogP contribution in [0.4, 0.5) is 5.82 Å². The minimum Gasteiger partial charge on any atom is -0.387 e. The Labute approximate surface area is 206 Å². The molecule has 2 fully saturated rings. The van der Waals surface area contributed by atoms with Crippen molar-refractivity contribution in [1.29, 1.82) is 0 Å². The van der Waals surface area contributed by atoms with Crippen LogP contribution in [-0.2, 0) is 18.4 Å². The first-order chi connectivity index (χ1) is 16.3. The van der Waals surface area contributed by atoms with Crippen LogP contribution < -0.4 is 4.90 Å². The van der Waals surface area contributed by atoms with E-state index >= 15 is 0 Å². The van der Waals surface area contributed by atoms with Crippen molar-refractivity contribution in [2.45, 2.75) is 56.1 Å². The molecule has 0 amide bonds. The average Bonchev–Trinajstić information content (AvgIpc) is 3.39. The zero-order chi connectivity index (χ0) is 25.5. The monoisotopic (exact) mass is 551 g/mol. The highest BCUT2D eigenvalue weighted by Crippen LogP contribution is 2.55. The molecule has 2 aliphatic rings. The minimum absolute atomic E-state index is 0.0671. The van der Waals surface area contributed by atoms with Gasteiger partial charge < -0.3 is 39.1 Å². The molecule has 15 heteroatoms. The third-order valence-electron chi connectivity index (χ3n) is 6.37. The highest BCUT2D eigenvalue weighted by atomic mass is 35.5. The molecule has 1 aromatic heterocycles. The summed E-state index contributed by atoms with van der Waals surface area (Å²) < 4.78 is 33.4. The van der Waals surface area contributed by atoms with Crippen molar-refractivity contribution in [2.24, 2.45) is 0 Å². The molecule has 1 unspecified atom stereocenters. The molecule has 5 N–H and O–H groups in total. The SMILES string of the molecule is CN(c1nc(Cl)nc2cc([C@@H]3O[C@H](COP(=O)(O)CP(=O)(O)O)[C@@H](O)[C@H]3O)ccc12)C1CCCC1. The summed E-state index contributed by atoms with van der Waals surface area (Å²) in [6.45, 7) is -0.652. The maximum absolute atomic E-state index is 11.9. The van der Waals surface area contributed by atoms with Gasteiger partial charge in [0.1, 0.15) is 30.2 Å². The van der Waals surface area contributed by atoms with E-state index in [1.54, 1.807) is 18.2 Å². The van der Waals surface area contributed by atoms with Gasteiger partial charge in [0.2, 0.25) is 5.28 Å². The summed E-state index contributed by atoms with van der Waals surface area (Å²) in [5.74, 6) is -0.668. The Hall–Kier alpha value is -1.17. The molecule has 2 aromatic rings. The van der Waals surface area contributed by atoms with E-state index in [-0.39, 0.29) is 5.28 Å². The number of hydrogen-bond donors (Lipinski definition) is 5. The van der Waals surface area contributed by atoms with E-state index in [1.807, 2.05) is 7.05 Å². The van der Waals surface area contributed by atoms with Gasteiger partial charge in [-0.05, 0) is 42.1 Å². The van der Waals surface area contributed by atoms with Gasteiger partial charge in [0, 0.05) is 18.5 Å². The summed E-state index contributed by atoms with van der Waals surface area (Å²) in [6, 6.07) is 5.52. The van der Waals surface area contributed by atoms with Gasteiger partial charge in [-0.15, -0.1) is 0 Å². The summed E-state index contributed by atoms with van der Waals surface area (Å²) >= 11 is 6.20. The normalized spacial score (nSPS) is 27.4. The fourth-order valence-electron chi connectivity index (χ4n) is 4.64. The number of aromatic nitrogens is 2. The van der Waals surface area contributed by atoms with Crippen molar-refractivity contribution < 1.29 is 43.3 Å². The number of ether oxygens (including phenoxy) is 1. The number of fused-ring (bicyclic) bond motifs is 1. The molecule has 194 valence electrons. The lowest BCUT2D eigenvalue weighted by molar-refractivity contribution is -0.0186. The minimum atomic E-state index is -4.80. The topological polar surface area (TPSA) is 183 Å². The number of hydrogen-bond acceptors (Lipinski definition) is 9. The quantitative estimate of drug-likeness (QED) is 0.238. The Morgan fingerprint density at radius 3 is 2.49 bits per heavy atom. The number of nitrogens with zero attached hydrogens (tertiary/aromatic N) is 3. The van der Waals surface area contributed by atoms with Crippen LogP contribution in [0, 0.1) is 0 Å². The van der Waals surface area contributed by atoms with Crippen LogP contribution in [0.5, 0.6) is 0 Å². The second kappa shape index (κ2) is 10.3. The molecular weight excluding hydrogens is 524 g/mol. The van der Waals surface area contributed by atoms with Crippen LogP contribution in [0.2, 0.25) is 5.28 Å². The molecule has 1 saturated heterocycles. The number of rotatable bonds is 8. The summed E-state index contributed by atoms with van der Waals surface area (Å²) in [5.41, 5.74) is 1.01. The maximum Gasteiger partial charge on any atom is 0.340 e. The number of aliphatic hydroxyl groups is 2. The zero-order valence-electron chi connectivity index (χ0n) is 18.8. The van der Waals surface area contributed by atoms with Crippen LogP contribution in [-0.4, -0.2) is 78.8 Å². The van der Waals surface area contributed by atoms with Gasteiger partial charge in [0.15, 0.2) is 5.90 Å². The van der Waals surface area contributed by atoms with E-state index in [0.29, 0.717) is 22.9 Å². The van der Waals surface area contributed by atoms with Crippen LogP contribution in [0.1, 0.15) is 37.4 Å². The predicted octanol–water partition coefficient (Wildman–Crippen LogP) is 2.16. The summed E-state index contributed by atoms with van der Waals surface area (Å²) in [7, 11) is -7.47. The van der Waals surface area contributed by atoms with Crippen molar-refractivity contribution >= 4 is 43.5 Å². The zero-order valence-corrected chi connectivity index (χ0v) is 21.4. The fraction of sp³-hybridized carbons (Fsp3) is 0.600. The van der Waals surface area contributed by atoms with Gasteiger partial charge in [-0.3, -0.25) is 9.13 Å². The standard InChI is InChI=1S/C20H28ClN3O9P2/c1-24(12-4-2-3-5-12)19-13-7-6-11(8-14(13)22-20(21)23-19)18-17(26)16(25)15(33-18)9-32-35(30,31)10-34(27,28)29/h6-8,12,15-18,25-26H,2-5,9-10H2,1H3,(H,30,31)(H2,27,28,29)/t15-,16-,17-,18+/m1/s1.